The van der Waals surface area contributed by atoms with Gasteiger partial charge in [0, 0.05) is 29.2 Å². The number of aromatic amines is 2. The molecule has 0 saturated carbocycles. The Balaban J connectivity index is 1.74. The Hall–Kier alpha value is -2.38. The summed E-state index contributed by atoms with van der Waals surface area (Å²) in [5.74, 6) is 0.550. The zero-order chi connectivity index (χ0) is 17.6. The summed E-state index contributed by atoms with van der Waals surface area (Å²) in [5.41, 5.74) is 7.59. The first-order chi connectivity index (χ1) is 11.9. The molecule has 8 heteroatoms. The molecule has 0 unspecified atom stereocenters. The van der Waals surface area contributed by atoms with E-state index in [0.717, 1.165) is 31.5 Å². The van der Waals surface area contributed by atoms with Crippen LogP contribution in [0.1, 0.15) is 19.8 Å². The average molecular weight is 359 g/mol. The first-order valence-corrected chi connectivity index (χ1v) is 8.59. The van der Waals surface area contributed by atoms with Crippen LogP contribution in [0, 0.1) is 0 Å². The molecule has 0 bridgehead atoms. The molecule has 0 aliphatic carbocycles. The first kappa shape index (κ1) is 16.1. The Kier molecular flexibility index (Phi) is 3.77. The number of hydrogen-bond donors (Lipinski definition) is 3. The van der Waals surface area contributed by atoms with Gasteiger partial charge >= 0.3 is 0 Å². The van der Waals surface area contributed by atoms with Gasteiger partial charge in [-0.1, -0.05) is 23.7 Å². The maximum Gasteiger partial charge on any atom is 0.264 e. The zero-order valence-electron chi connectivity index (χ0n) is 13.8. The minimum atomic E-state index is -0.218. The predicted molar refractivity (Wildman–Crippen MR) is 99.0 cm³/mol. The number of aromatic nitrogens is 4. The largest absolute Gasteiger partial charge is 0.342 e. The highest BCUT2D eigenvalue weighted by Crippen LogP contribution is 2.27. The van der Waals surface area contributed by atoms with Crippen LogP contribution < -0.4 is 16.2 Å². The molecule has 4 N–H and O–H groups in total. The summed E-state index contributed by atoms with van der Waals surface area (Å²) in [4.78, 5) is 22.2. The molecule has 3 aromatic rings. The third-order valence-corrected chi connectivity index (χ3v) is 4.96. The molecule has 7 nitrogen and oxygen atoms in total. The van der Waals surface area contributed by atoms with E-state index >= 15 is 0 Å². The van der Waals surface area contributed by atoms with Crippen molar-refractivity contribution in [2.45, 2.75) is 25.3 Å². The van der Waals surface area contributed by atoms with Crippen LogP contribution in [0.4, 0.5) is 5.95 Å². The standard InChI is InChI=1S/C17H19ClN6O/c1-17(19)5-7-24(8-6-17)16-20-14-12(15(25)21-16)13(22-23-14)10-3-2-4-11(18)9-10/h2-4,9H,5-8,19H2,1H3,(H2,20,21,22,23,25). The topological polar surface area (TPSA) is 104 Å². The normalized spacial score (nSPS) is 17.2. The molecule has 1 saturated heterocycles. The lowest BCUT2D eigenvalue weighted by Crippen LogP contribution is -2.48. The van der Waals surface area contributed by atoms with Crippen LogP contribution in [-0.2, 0) is 0 Å². The fraction of sp³-hybridized carbons (Fsp3) is 0.353. The van der Waals surface area contributed by atoms with Gasteiger partial charge in [-0.3, -0.25) is 14.9 Å². The van der Waals surface area contributed by atoms with Crippen LogP contribution in [-0.4, -0.2) is 38.8 Å². The SMILES string of the molecule is CC1(N)CCN(c2nc3[nH]nc(-c4cccc(Cl)c4)c3c(=O)[nH]2)CC1. The van der Waals surface area contributed by atoms with Crippen molar-refractivity contribution in [1.29, 1.82) is 0 Å². The van der Waals surface area contributed by atoms with Gasteiger partial charge in [0.1, 0.15) is 11.1 Å². The highest BCUT2D eigenvalue weighted by molar-refractivity contribution is 6.30. The minimum absolute atomic E-state index is 0.158. The average Bonchev–Trinajstić information content (AvgIpc) is 2.99. The van der Waals surface area contributed by atoms with Crippen molar-refractivity contribution < 1.29 is 0 Å². The molecule has 4 rings (SSSR count). The van der Waals surface area contributed by atoms with E-state index in [4.69, 9.17) is 17.3 Å². The molecule has 3 heterocycles. The van der Waals surface area contributed by atoms with E-state index in [1.54, 1.807) is 12.1 Å². The summed E-state index contributed by atoms with van der Waals surface area (Å²) in [7, 11) is 0. The summed E-state index contributed by atoms with van der Waals surface area (Å²) >= 11 is 6.05. The number of piperidine rings is 1. The Morgan fingerprint density at radius 2 is 2.08 bits per heavy atom. The zero-order valence-corrected chi connectivity index (χ0v) is 14.6. The summed E-state index contributed by atoms with van der Waals surface area (Å²) in [6.45, 7) is 3.57. The van der Waals surface area contributed by atoms with Gasteiger partial charge in [0.05, 0.1) is 0 Å². The van der Waals surface area contributed by atoms with Gasteiger partial charge in [0.25, 0.3) is 5.56 Å². The molecule has 0 atom stereocenters. The van der Waals surface area contributed by atoms with Gasteiger partial charge in [-0.05, 0) is 31.9 Å². The Morgan fingerprint density at radius 3 is 2.80 bits per heavy atom. The van der Waals surface area contributed by atoms with Crippen molar-refractivity contribution in [3.8, 4) is 11.3 Å². The highest BCUT2D eigenvalue weighted by atomic mass is 35.5. The Bertz CT molecular complexity index is 982. The number of anilines is 1. The molecule has 2 aromatic heterocycles. The molecule has 1 aromatic carbocycles. The van der Waals surface area contributed by atoms with Crippen LogP contribution >= 0.6 is 11.6 Å². The molecule has 1 aliphatic rings. The number of nitrogens with zero attached hydrogens (tertiary/aromatic N) is 3. The number of H-pyrrole nitrogens is 2. The van der Waals surface area contributed by atoms with Gasteiger partial charge in [-0.25, -0.2) is 0 Å². The molecular weight excluding hydrogens is 340 g/mol. The highest BCUT2D eigenvalue weighted by Gasteiger charge is 2.27. The number of halogens is 1. The third kappa shape index (κ3) is 3.01. The molecule has 0 amide bonds. The molecule has 0 radical (unpaired) electrons. The van der Waals surface area contributed by atoms with Gasteiger partial charge in [-0.15, -0.1) is 0 Å². The predicted octanol–water partition coefficient (Wildman–Crippen LogP) is 2.28. The van der Waals surface area contributed by atoms with E-state index < -0.39 is 0 Å². The number of fused-ring (bicyclic) bond motifs is 1. The van der Waals surface area contributed by atoms with E-state index in [0.29, 0.717) is 27.7 Å². The monoisotopic (exact) mass is 358 g/mol. The lowest BCUT2D eigenvalue weighted by molar-refractivity contribution is 0.362. The number of rotatable bonds is 2. The quantitative estimate of drug-likeness (QED) is 0.652. The molecule has 0 spiro atoms. The van der Waals surface area contributed by atoms with Crippen molar-refractivity contribution in [3.63, 3.8) is 0 Å². The van der Waals surface area contributed by atoms with Crippen molar-refractivity contribution >= 4 is 28.6 Å². The smallest absolute Gasteiger partial charge is 0.264 e. The van der Waals surface area contributed by atoms with Crippen LogP contribution in [0.5, 0.6) is 0 Å². The molecule has 130 valence electrons. The second-order valence-corrected chi connectivity index (χ2v) is 7.27. The first-order valence-electron chi connectivity index (χ1n) is 8.21. The van der Waals surface area contributed by atoms with Crippen molar-refractivity contribution in [1.82, 2.24) is 20.2 Å². The van der Waals surface area contributed by atoms with Gasteiger partial charge < -0.3 is 10.6 Å². The van der Waals surface area contributed by atoms with Crippen LogP contribution in [0.3, 0.4) is 0 Å². The van der Waals surface area contributed by atoms with Crippen LogP contribution in [0.2, 0.25) is 5.02 Å². The fourth-order valence-corrected chi connectivity index (χ4v) is 3.34. The second-order valence-electron chi connectivity index (χ2n) is 6.84. The Morgan fingerprint density at radius 1 is 1.32 bits per heavy atom. The van der Waals surface area contributed by atoms with Crippen LogP contribution in [0.15, 0.2) is 29.1 Å². The summed E-state index contributed by atoms with van der Waals surface area (Å²) in [5, 5.41) is 8.17. The lowest BCUT2D eigenvalue weighted by atomic mass is 9.91. The number of nitrogens with one attached hydrogen (secondary N) is 2. The van der Waals surface area contributed by atoms with Gasteiger partial charge in [-0.2, -0.15) is 10.1 Å². The minimum Gasteiger partial charge on any atom is -0.342 e. The maximum absolute atomic E-state index is 12.7. The molecular formula is C17H19ClN6O. The van der Waals surface area contributed by atoms with E-state index in [-0.39, 0.29) is 11.1 Å². The van der Waals surface area contributed by atoms with E-state index in [1.165, 1.54) is 0 Å². The van der Waals surface area contributed by atoms with Gasteiger partial charge in [0.15, 0.2) is 5.65 Å². The van der Waals surface area contributed by atoms with E-state index in [1.807, 2.05) is 12.1 Å². The van der Waals surface area contributed by atoms with Crippen molar-refractivity contribution in [3.05, 3.63) is 39.6 Å². The van der Waals surface area contributed by atoms with Crippen LogP contribution in [0.25, 0.3) is 22.3 Å². The summed E-state index contributed by atoms with van der Waals surface area (Å²) in [6, 6.07) is 7.24. The van der Waals surface area contributed by atoms with E-state index in [9.17, 15) is 4.79 Å². The third-order valence-electron chi connectivity index (χ3n) is 4.72. The number of hydrogen-bond acceptors (Lipinski definition) is 5. The number of benzene rings is 1. The molecule has 25 heavy (non-hydrogen) atoms. The van der Waals surface area contributed by atoms with E-state index in [2.05, 4.69) is 32.0 Å². The van der Waals surface area contributed by atoms with Gasteiger partial charge in [0.2, 0.25) is 5.95 Å². The Labute approximate surface area is 149 Å². The van der Waals surface area contributed by atoms with Crippen molar-refractivity contribution in [2.24, 2.45) is 5.73 Å². The summed E-state index contributed by atoms with van der Waals surface area (Å²) in [6.07, 6.45) is 1.71. The molecule has 1 fully saturated rings. The maximum atomic E-state index is 12.7. The van der Waals surface area contributed by atoms with Crippen molar-refractivity contribution in [2.75, 3.05) is 18.0 Å². The second kappa shape index (κ2) is 5.86. The summed E-state index contributed by atoms with van der Waals surface area (Å²) < 4.78 is 0. The lowest BCUT2D eigenvalue weighted by Gasteiger charge is -2.36. The number of nitrogens with two attached hydrogens (primary N) is 1. The fourth-order valence-electron chi connectivity index (χ4n) is 3.15. The molecule has 1 aliphatic heterocycles.